The molecule has 0 aliphatic rings. The third-order valence-electron chi connectivity index (χ3n) is 4.38. The van der Waals surface area contributed by atoms with E-state index in [0.29, 0.717) is 21.6 Å². The van der Waals surface area contributed by atoms with Crippen molar-refractivity contribution in [3.63, 3.8) is 0 Å². The second kappa shape index (κ2) is 8.18. The van der Waals surface area contributed by atoms with Crippen molar-refractivity contribution in [3.05, 3.63) is 81.3 Å². The Kier molecular flexibility index (Phi) is 5.46. The first kappa shape index (κ1) is 19.4. The molecule has 7 nitrogen and oxygen atoms in total. The van der Waals surface area contributed by atoms with Crippen LogP contribution in [0.4, 0.5) is 5.69 Å². The molecule has 0 unspecified atom stereocenters. The summed E-state index contributed by atoms with van der Waals surface area (Å²) in [6.45, 7) is 0.223. The highest BCUT2D eigenvalue weighted by atomic mass is 79.9. The van der Waals surface area contributed by atoms with Crippen molar-refractivity contribution in [1.82, 2.24) is 19.1 Å². The molecule has 4 rings (SSSR count). The van der Waals surface area contributed by atoms with Crippen LogP contribution < -0.4 is 10.9 Å². The molecule has 2 aromatic heterocycles. The lowest BCUT2D eigenvalue weighted by atomic mass is 10.2. The molecule has 9 heteroatoms. The van der Waals surface area contributed by atoms with Crippen LogP contribution in [0.5, 0.6) is 0 Å². The van der Waals surface area contributed by atoms with E-state index in [1.807, 2.05) is 6.07 Å². The number of halogens is 2. The lowest BCUT2D eigenvalue weighted by molar-refractivity contribution is -0.116. The van der Waals surface area contributed by atoms with Gasteiger partial charge in [0.05, 0.1) is 34.3 Å². The quantitative estimate of drug-likeness (QED) is 0.475. The third kappa shape index (κ3) is 4.23. The van der Waals surface area contributed by atoms with Gasteiger partial charge in [0.2, 0.25) is 5.91 Å². The Bertz CT molecular complexity index is 1250. The molecule has 146 valence electrons. The smallest absolute Gasteiger partial charge is 0.261 e. The minimum absolute atomic E-state index is 0.127. The highest BCUT2D eigenvalue weighted by Crippen LogP contribution is 2.24. The van der Waals surface area contributed by atoms with Crippen molar-refractivity contribution in [1.29, 1.82) is 0 Å². The zero-order valence-electron chi connectivity index (χ0n) is 15.0. The van der Waals surface area contributed by atoms with Crippen molar-refractivity contribution >= 4 is 50.0 Å². The molecule has 0 atom stereocenters. The summed E-state index contributed by atoms with van der Waals surface area (Å²) in [6, 6.07) is 10.6. The maximum absolute atomic E-state index is 12.6. The zero-order valence-corrected chi connectivity index (χ0v) is 17.4. The van der Waals surface area contributed by atoms with Gasteiger partial charge in [-0.25, -0.2) is 9.97 Å². The van der Waals surface area contributed by atoms with E-state index in [9.17, 15) is 9.59 Å². The molecule has 0 bridgehead atoms. The van der Waals surface area contributed by atoms with Gasteiger partial charge in [-0.15, -0.1) is 0 Å². The van der Waals surface area contributed by atoms with Gasteiger partial charge in [0.25, 0.3) is 5.56 Å². The van der Waals surface area contributed by atoms with Gasteiger partial charge in [-0.3, -0.25) is 14.2 Å². The number of carbonyl (C=O) groups excluding carboxylic acids is 1. The summed E-state index contributed by atoms with van der Waals surface area (Å²) in [5.41, 5.74) is 1.78. The minimum atomic E-state index is -0.224. The Morgan fingerprint density at radius 1 is 1.17 bits per heavy atom. The van der Waals surface area contributed by atoms with Gasteiger partial charge in [-0.05, 0) is 36.4 Å². The maximum Gasteiger partial charge on any atom is 0.261 e. The average molecular weight is 473 g/mol. The number of imidazole rings is 1. The van der Waals surface area contributed by atoms with E-state index in [1.165, 1.54) is 10.9 Å². The van der Waals surface area contributed by atoms with Crippen LogP contribution in [-0.4, -0.2) is 25.0 Å². The molecule has 0 spiro atoms. The fourth-order valence-corrected chi connectivity index (χ4v) is 3.57. The summed E-state index contributed by atoms with van der Waals surface area (Å²) in [5, 5.41) is 3.79. The standard InChI is InChI=1S/C20H15BrClN5O2/c21-13-1-3-17-15(9-13)20(29)27(12-24-17)7-5-19(28)25-14-2-4-18(16(22)10-14)26-8-6-23-11-26/h1-4,6,8-12H,5,7H2,(H,25,28). The molecule has 0 aliphatic carbocycles. The predicted octanol–water partition coefficient (Wildman–Crippen LogP) is 4.03. The Hall–Kier alpha value is -2.97. The fraction of sp³-hybridized carbons (Fsp3) is 0.100. The van der Waals surface area contributed by atoms with Gasteiger partial charge in [0.15, 0.2) is 0 Å². The molecule has 0 fully saturated rings. The van der Waals surface area contributed by atoms with E-state index < -0.39 is 0 Å². The van der Waals surface area contributed by atoms with Gasteiger partial charge in [-0.2, -0.15) is 0 Å². The van der Waals surface area contributed by atoms with Gasteiger partial charge in [0, 0.05) is 35.5 Å². The van der Waals surface area contributed by atoms with E-state index in [-0.39, 0.29) is 24.4 Å². The van der Waals surface area contributed by atoms with Crippen LogP contribution in [-0.2, 0) is 11.3 Å². The van der Waals surface area contributed by atoms with Crippen LogP contribution in [0, 0.1) is 0 Å². The number of rotatable bonds is 5. The van der Waals surface area contributed by atoms with Crippen molar-refractivity contribution in [2.45, 2.75) is 13.0 Å². The monoisotopic (exact) mass is 471 g/mol. The van der Waals surface area contributed by atoms with Crippen LogP contribution in [0.15, 0.2) is 70.7 Å². The van der Waals surface area contributed by atoms with Crippen LogP contribution >= 0.6 is 27.5 Å². The van der Waals surface area contributed by atoms with E-state index >= 15 is 0 Å². The molecular formula is C20H15BrClN5O2. The fourth-order valence-electron chi connectivity index (χ4n) is 2.93. The molecule has 29 heavy (non-hydrogen) atoms. The zero-order chi connectivity index (χ0) is 20.4. The molecule has 0 radical (unpaired) electrons. The number of aromatic nitrogens is 4. The Morgan fingerprint density at radius 2 is 2.03 bits per heavy atom. The highest BCUT2D eigenvalue weighted by molar-refractivity contribution is 9.10. The summed E-state index contributed by atoms with van der Waals surface area (Å²) in [6.07, 6.45) is 6.68. The van der Waals surface area contributed by atoms with Crippen LogP contribution in [0.3, 0.4) is 0 Å². The van der Waals surface area contributed by atoms with Gasteiger partial charge in [0.1, 0.15) is 0 Å². The van der Waals surface area contributed by atoms with Crippen LogP contribution in [0.2, 0.25) is 5.02 Å². The predicted molar refractivity (Wildman–Crippen MR) is 116 cm³/mol. The Balaban J connectivity index is 1.44. The summed E-state index contributed by atoms with van der Waals surface area (Å²) >= 11 is 9.67. The number of benzene rings is 2. The summed E-state index contributed by atoms with van der Waals surface area (Å²) < 4.78 is 4.02. The SMILES string of the molecule is O=C(CCn1cnc2ccc(Br)cc2c1=O)Nc1ccc(-n2ccnc2)c(Cl)c1. The third-order valence-corrected chi connectivity index (χ3v) is 5.18. The maximum atomic E-state index is 12.6. The number of hydrogen-bond donors (Lipinski definition) is 1. The molecule has 1 N–H and O–H groups in total. The molecule has 0 aliphatic heterocycles. The normalized spacial score (nSPS) is 11.0. The largest absolute Gasteiger partial charge is 0.326 e. The van der Waals surface area contributed by atoms with Gasteiger partial charge >= 0.3 is 0 Å². The number of nitrogens with zero attached hydrogens (tertiary/aromatic N) is 4. The molecule has 2 aromatic carbocycles. The number of amides is 1. The summed E-state index contributed by atoms with van der Waals surface area (Å²) in [5.74, 6) is -0.224. The highest BCUT2D eigenvalue weighted by Gasteiger charge is 2.09. The first-order chi connectivity index (χ1) is 14.0. The second-order valence-corrected chi connectivity index (χ2v) is 7.66. The summed E-state index contributed by atoms with van der Waals surface area (Å²) in [7, 11) is 0. The van der Waals surface area contributed by atoms with Crippen LogP contribution in [0.1, 0.15) is 6.42 Å². The van der Waals surface area contributed by atoms with E-state index in [2.05, 4.69) is 31.2 Å². The van der Waals surface area contributed by atoms with Crippen molar-refractivity contribution in [2.24, 2.45) is 0 Å². The topological polar surface area (TPSA) is 81.8 Å². The Morgan fingerprint density at radius 3 is 2.79 bits per heavy atom. The lowest BCUT2D eigenvalue weighted by Gasteiger charge is -2.10. The Labute approximate surface area is 179 Å². The number of aryl methyl sites for hydroxylation is 1. The van der Waals surface area contributed by atoms with Crippen molar-refractivity contribution < 1.29 is 4.79 Å². The molecule has 1 amide bonds. The molecule has 4 aromatic rings. The van der Waals surface area contributed by atoms with Crippen molar-refractivity contribution in [3.8, 4) is 5.69 Å². The summed E-state index contributed by atoms with van der Waals surface area (Å²) in [4.78, 5) is 33.2. The number of nitrogens with one attached hydrogen (secondary N) is 1. The molecule has 2 heterocycles. The van der Waals surface area contributed by atoms with Gasteiger partial charge in [-0.1, -0.05) is 27.5 Å². The molecule has 0 saturated heterocycles. The number of hydrogen-bond acceptors (Lipinski definition) is 4. The van der Waals surface area contributed by atoms with Crippen LogP contribution in [0.25, 0.3) is 16.6 Å². The first-order valence-electron chi connectivity index (χ1n) is 8.74. The van der Waals surface area contributed by atoms with E-state index in [0.717, 1.165) is 10.2 Å². The number of anilines is 1. The van der Waals surface area contributed by atoms with E-state index in [1.54, 1.807) is 53.6 Å². The van der Waals surface area contributed by atoms with Gasteiger partial charge < -0.3 is 9.88 Å². The minimum Gasteiger partial charge on any atom is -0.326 e. The lowest BCUT2D eigenvalue weighted by Crippen LogP contribution is -2.23. The number of fused-ring (bicyclic) bond motifs is 1. The van der Waals surface area contributed by atoms with Crippen molar-refractivity contribution in [2.75, 3.05) is 5.32 Å². The molecular weight excluding hydrogens is 458 g/mol. The number of carbonyl (C=O) groups is 1. The average Bonchev–Trinajstić information content (AvgIpc) is 3.22. The first-order valence-corrected chi connectivity index (χ1v) is 9.91. The second-order valence-electron chi connectivity index (χ2n) is 6.34. The molecule has 0 saturated carbocycles. The van der Waals surface area contributed by atoms with E-state index in [4.69, 9.17) is 11.6 Å².